The third-order valence-electron chi connectivity index (χ3n) is 2.54. The van der Waals surface area contributed by atoms with Crippen LogP contribution in [0.4, 0.5) is 0 Å². The lowest BCUT2D eigenvalue weighted by Gasteiger charge is -2.10. The standard InChI is InChI=1S/C10H11BrN4O2S/c1-3-14-8(16)4-6(2)15(10(14)17)5-7-12-13-9(11)18-7/h4H,3,5H2,1-2H3. The second-order valence-corrected chi connectivity index (χ2v) is 6.02. The fraction of sp³-hybridized carbons (Fsp3) is 0.400. The Labute approximate surface area is 115 Å². The number of hydrogen-bond donors (Lipinski definition) is 0. The molecule has 8 heteroatoms. The molecule has 0 aliphatic carbocycles. The average Bonchev–Trinajstić information content (AvgIpc) is 2.70. The van der Waals surface area contributed by atoms with Crippen LogP contribution in [0, 0.1) is 6.92 Å². The number of rotatable bonds is 3. The molecular weight excluding hydrogens is 320 g/mol. The van der Waals surface area contributed by atoms with E-state index < -0.39 is 0 Å². The molecule has 0 saturated carbocycles. The Bertz CT molecular complexity index is 688. The minimum absolute atomic E-state index is 0.269. The Kier molecular flexibility index (Phi) is 3.76. The van der Waals surface area contributed by atoms with Gasteiger partial charge >= 0.3 is 5.69 Å². The van der Waals surface area contributed by atoms with E-state index in [0.29, 0.717) is 27.7 Å². The van der Waals surface area contributed by atoms with E-state index >= 15 is 0 Å². The van der Waals surface area contributed by atoms with E-state index in [1.54, 1.807) is 13.8 Å². The molecule has 0 unspecified atom stereocenters. The van der Waals surface area contributed by atoms with Crippen molar-refractivity contribution in [1.82, 2.24) is 19.3 Å². The van der Waals surface area contributed by atoms with Gasteiger partial charge in [-0.2, -0.15) is 0 Å². The maximum Gasteiger partial charge on any atom is 0.331 e. The van der Waals surface area contributed by atoms with Crippen LogP contribution in [0.3, 0.4) is 0 Å². The van der Waals surface area contributed by atoms with E-state index in [2.05, 4.69) is 26.1 Å². The lowest BCUT2D eigenvalue weighted by molar-refractivity contribution is 0.583. The van der Waals surface area contributed by atoms with Crippen molar-refractivity contribution >= 4 is 27.3 Å². The second kappa shape index (κ2) is 5.15. The molecule has 0 N–H and O–H groups in total. The first kappa shape index (κ1) is 13.2. The minimum Gasteiger partial charge on any atom is -0.291 e. The highest BCUT2D eigenvalue weighted by Crippen LogP contribution is 2.16. The molecule has 0 amide bonds. The average molecular weight is 331 g/mol. The summed E-state index contributed by atoms with van der Waals surface area (Å²) in [6.07, 6.45) is 0. The van der Waals surface area contributed by atoms with Gasteiger partial charge in [0.1, 0.15) is 5.01 Å². The predicted molar refractivity (Wildman–Crippen MR) is 72.1 cm³/mol. The van der Waals surface area contributed by atoms with E-state index in [1.807, 2.05) is 0 Å². The molecule has 0 spiro atoms. The van der Waals surface area contributed by atoms with Crippen molar-refractivity contribution in [3.05, 3.63) is 41.5 Å². The quantitative estimate of drug-likeness (QED) is 0.841. The third-order valence-corrected chi connectivity index (χ3v) is 3.88. The Hall–Kier alpha value is -1.28. The van der Waals surface area contributed by atoms with Crippen LogP contribution in [0.15, 0.2) is 19.6 Å². The van der Waals surface area contributed by atoms with Crippen molar-refractivity contribution in [3.63, 3.8) is 0 Å². The first-order valence-corrected chi connectivity index (χ1v) is 6.93. The summed E-state index contributed by atoms with van der Waals surface area (Å²) >= 11 is 4.59. The molecule has 96 valence electrons. The smallest absolute Gasteiger partial charge is 0.291 e. The summed E-state index contributed by atoms with van der Waals surface area (Å²) in [6, 6.07) is 1.46. The predicted octanol–water partition coefficient (Wildman–Crippen LogP) is 1.00. The SMILES string of the molecule is CCn1c(=O)cc(C)n(Cc2nnc(Br)s2)c1=O. The Morgan fingerprint density at radius 2 is 2.06 bits per heavy atom. The van der Waals surface area contributed by atoms with Gasteiger partial charge in [0, 0.05) is 18.3 Å². The van der Waals surface area contributed by atoms with Crippen molar-refractivity contribution in [1.29, 1.82) is 0 Å². The molecule has 0 atom stereocenters. The summed E-state index contributed by atoms with van der Waals surface area (Å²) in [4.78, 5) is 23.7. The van der Waals surface area contributed by atoms with Gasteiger partial charge in [-0.3, -0.25) is 13.9 Å². The van der Waals surface area contributed by atoms with Crippen molar-refractivity contribution < 1.29 is 0 Å². The summed E-state index contributed by atoms with van der Waals surface area (Å²) in [7, 11) is 0. The minimum atomic E-state index is -0.311. The Morgan fingerprint density at radius 1 is 1.33 bits per heavy atom. The van der Waals surface area contributed by atoms with E-state index in [0.717, 1.165) is 0 Å². The molecule has 2 rings (SSSR count). The molecule has 0 saturated heterocycles. The number of hydrogen-bond acceptors (Lipinski definition) is 5. The molecule has 0 fully saturated rings. The zero-order chi connectivity index (χ0) is 13.3. The highest BCUT2D eigenvalue weighted by Gasteiger charge is 2.10. The highest BCUT2D eigenvalue weighted by atomic mass is 79.9. The van der Waals surface area contributed by atoms with Crippen LogP contribution in [0.2, 0.25) is 0 Å². The number of nitrogens with zero attached hydrogens (tertiary/aromatic N) is 4. The number of aryl methyl sites for hydroxylation is 1. The summed E-state index contributed by atoms with van der Waals surface area (Å²) < 4.78 is 3.40. The van der Waals surface area contributed by atoms with Gasteiger partial charge < -0.3 is 0 Å². The molecule has 2 aromatic rings. The maximum absolute atomic E-state index is 12.1. The molecule has 18 heavy (non-hydrogen) atoms. The third kappa shape index (κ3) is 2.44. The van der Waals surface area contributed by atoms with Crippen LogP contribution in [0.5, 0.6) is 0 Å². The summed E-state index contributed by atoms with van der Waals surface area (Å²) in [5, 5.41) is 8.50. The van der Waals surface area contributed by atoms with Crippen LogP contribution in [0.25, 0.3) is 0 Å². The molecular formula is C10H11BrN4O2S. The highest BCUT2D eigenvalue weighted by molar-refractivity contribution is 9.11. The monoisotopic (exact) mass is 330 g/mol. The van der Waals surface area contributed by atoms with Crippen molar-refractivity contribution in [2.75, 3.05) is 0 Å². The van der Waals surface area contributed by atoms with Gasteiger partial charge in [-0.05, 0) is 29.8 Å². The molecule has 2 aromatic heterocycles. The summed E-state index contributed by atoms with van der Waals surface area (Å²) in [6.45, 7) is 4.19. The molecule has 2 heterocycles. The van der Waals surface area contributed by atoms with Gasteiger partial charge in [-0.15, -0.1) is 10.2 Å². The summed E-state index contributed by atoms with van der Waals surface area (Å²) in [5.41, 5.74) is 0.0459. The van der Waals surface area contributed by atoms with Gasteiger partial charge in [-0.1, -0.05) is 11.3 Å². The van der Waals surface area contributed by atoms with Gasteiger partial charge in [0.15, 0.2) is 3.92 Å². The van der Waals surface area contributed by atoms with Crippen molar-refractivity contribution in [2.45, 2.75) is 26.9 Å². The molecule has 0 aliphatic rings. The lowest BCUT2D eigenvalue weighted by atomic mass is 10.4. The maximum atomic E-state index is 12.1. The lowest BCUT2D eigenvalue weighted by Crippen LogP contribution is -2.40. The molecule has 0 aromatic carbocycles. The van der Waals surface area contributed by atoms with E-state index in [4.69, 9.17) is 0 Å². The first-order valence-electron chi connectivity index (χ1n) is 5.32. The van der Waals surface area contributed by atoms with Gasteiger partial charge in [-0.25, -0.2) is 4.79 Å². The Morgan fingerprint density at radius 3 is 2.61 bits per heavy atom. The fourth-order valence-electron chi connectivity index (χ4n) is 1.64. The van der Waals surface area contributed by atoms with E-state index in [-0.39, 0.29) is 11.2 Å². The Balaban J connectivity index is 2.51. The molecule has 0 bridgehead atoms. The number of halogens is 1. The van der Waals surface area contributed by atoms with Crippen LogP contribution < -0.4 is 11.2 Å². The van der Waals surface area contributed by atoms with Gasteiger partial charge in [0.05, 0.1) is 6.54 Å². The largest absolute Gasteiger partial charge is 0.331 e. The normalized spacial score (nSPS) is 10.8. The summed E-state index contributed by atoms with van der Waals surface area (Å²) in [5.74, 6) is 0. The molecule has 6 nitrogen and oxygen atoms in total. The second-order valence-electron chi connectivity index (χ2n) is 3.69. The fourth-order valence-corrected chi connectivity index (χ4v) is 2.83. The molecule has 0 radical (unpaired) electrons. The zero-order valence-electron chi connectivity index (χ0n) is 9.88. The first-order chi connectivity index (χ1) is 8.52. The van der Waals surface area contributed by atoms with E-state index in [1.165, 1.54) is 26.5 Å². The van der Waals surface area contributed by atoms with Crippen LogP contribution in [-0.4, -0.2) is 19.3 Å². The zero-order valence-corrected chi connectivity index (χ0v) is 12.3. The van der Waals surface area contributed by atoms with Crippen molar-refractivity contribution in [2.24, 2.45) is 0 Å². The molecule has 0 aliphatic heterocycles. The topological polar surface area (TPSA) is 69.8 Å². The van der Waals surface area contributed by atoms with Crippen LogP contribution >= 0.6 is 27.3 Å². The van der Waals surface area contributed by atoms with Gasteiger partial charge in [0.2, 0.25) is 0 Å². The van der Waals surface area contributed by atoms with Crippen LogP contribution in [0.1, 0.15) is 17.6 Å². The van der Waals surface area contributed by atoms with Gasteiger partial charge in [0.25, 0.3) is 5.56 Å². The number of aromatic nitrogens is 4. The van der Waals surface area contributed by atoms with Crippen molar-refractivity contribution in [3.8, 4) is 0 Å². The van der Waals surface area contributed by atoms with Crippen LogP contribution in [-0.2, 0) is 13.1 Å². The van der Waals surface area contributed by atoms with E-state index in [9.17, 15) is 9.59 Å².